The van der Waals surface area contributed by atoms with Crippen LogP contribution in [-0.4, -0.2) is 11.7 Å². The molecule has 0 saturated carbocycles. The third kappa shape index (κ3) is 3.06. The van der Waals surface area contributed by atoms with E-state index in [0.717, 1.165) is 18.4 Å². The summed E-state index contributed by atoms with van der Waals surface area (Å²) in [5, 5.41) is 9.13. The average molecular weight is 258 g/mol. The predicted octanol–water partition coefficient (Wildman–Crippen LogP) is 2.28. The molecule has 1 aromatic carbocycles. The molecule has 0 atom stereocenters. The van der Waals surface area contributed by atoms with Gasteiger partial charge in [0, 0.05) is 27.3 Å². The fraction of sp³-hybridized carbons (Fsp3) is 0.455. The van der Waals surface area contributed by atoms with Crippen molar-refractivity contribution >= 4 is 0 Å². The van der Waals surface area contributed by atoms with Crippen LogP contribution >= 0.6 is 0 Å². The zero-order chi connectivity index (χ0) is 10.7. The van der Waals surface area contributed by atoms with Crippen LogP contribution in [0.25, 0.3) is 0 Å². The molecular weight excluding hydrogens is 244 g/mol. The third-order valence-electron chi connectivity index (χ3n) is 2.25. The molecule has 1 saturated heterocycles. The summed E-state index contributed by atoms with van der Waals surface area (Å²) in [5.74, 6) is -0.814. The van der Waals surface area contributed by atoms with E-state index in [2.05, 4.69) is 6.92 Å². The number of phenols is 1. The van der Waals surface area contributed by atoms with E-state index in [-0.39, 0.29) is 27.5 Å². The van der Waals surface area contributed by atoms with Gasteiger partial charge >= 0.3 is 5.97 Å². The van der Waals surface area contributed by atoms with Crippen LogP contribution in [0.5, 0.6) is 5.75 Å². The molecule has 4 nitrogen and oxygen atoms in total. The van der Waals surface area contributed by atoms with Crippen LogP contribution in [0.3, 0.4) is 0 Å². The van der Waals surface area contributed by atoms with E-state index >= 15 is 0 Å². The Morgan fingerprint density at radius 2 is 1.88 bits per heavy atom. The Bertz CT molecular complexity index is 321. The Kier molecular flexibility index (Phi) is 4.96. The van der Waals surface area contributed by atoms with Gasteiger partial charge in [-0.05, 0) is 30.7 Å². The van der Waals surface area contributed by atoms with Gasteiger partial charge in [0.05, 0.1) is 6.61 Å². The Balaban J connectivity index is 0.00000128. The van der Waals surface area contributed by atoms with Crippen molar-refractivity contribution in [2.24, 2.45) is 0 Å². The molecule has 1 heterocycles. The second kappa shape index (κ2) is 5.80. The fourth-order valence-electron chi connectivity index (χ4n) is 1.28. The molecule has 1 aliphatic rings. The van der Waals surface area contributed by atoms with Crippen molar-refractivity contribution in [2.45, 2.75) is 25.7 Å². The fourth-order valence-corrected chi connectivity index (χ4v) is 1.28. The van der Waals surface area contributed by atoms with Crippen LogP contribution in [0.1, 0.15) is 25.3 Å². The molecule has 0 aliphatic carbocycles. The molecule has 86 valence electrons. The molecular formula is C11H14O4Ti. The summed E-state index contributed by atoms with van der Waals surface area (Å²) in [5.41, 5.74) is 0.761. The third-order valence-corrected chi connectivity index (χ3v) is 2.25. The van der Waals surface area contributed by atoms with Crippen molar-refractivity contribution in [2.75, 3.05) is 6.61 Å². The number of unbranched alkanes of at least 4 members (excludes halogenated alkanes) is 1. The van der Waals surface area contributed by atoms with E-state index in [1.165, 1.54) is 0 Å². The first-order valence-electron chi connectivity index (χ1n) is 5.07. The van der Waals surface area contributed by atoms with E-state index in [1.807, 2.05) is 0 Å². The van der Waals surface area contributed by atoms with Gasteiger partial charge in [-0.3, -0.25) is 0 Å². The van der Waals surface area contributed by atoms with Crippen LogP contribution in [0, 0.1) is 0 Å². The minimum Gasteiger partial charge on any atom is -0.508 e. The van der Waals surface area contributed by atoms with Gasteiger partial charge in [-0.1, -0.05) is 13.3 Å². The van der Waals surface area contributed by atoms with Crippen molar-refractivity contribution in [1.29, 1.82) is 0 Å². The van der Waals surface area contributed by atoms with Crippen LogP contribution < -0.4 is 0 Å². The molecule has 1 aromatic rings. The maximum atomic E-state index is 9.13. The zero-order valence-corrected chi connectivity index (χ0v) is 10.7. The predicted molar refractivity (Wildman–Crippen MR) is 52.8 cm³/mol. The standard InChI is InChI=1S/C11H14O4.Ti/c1-2-3-8-13-11(14-15-11)9-4-6-10(12)7-5-9;/h4-7,12H,2-3,8H2,1H3;. The van der Waals surface area contributed by atoms with Gasteiger partial charge in [0.15, 0.2) is 0 Å². The van der Waals surface area contributed by atoms with Crippen LogP contribution in [0.4, 0.5) is 0 Å². The van der Waals surface area contributed by atoms with E-state index in [4.69, 9.17) is 19.6 Å². The van der Waals surface area contributed by atoms with Gasteiger partial charge in [-0.15, -0.1) is 0 Å². The molecule has 0 unspecified atom stereocenters. The van der Waals surface area contributed by atoms with E-state index in [0.29, 0.717) is 6.61 Å². The summed E-state index contributed by atoms with van der Waals surface area (Å²) >= 11 is 0. The SMILES string of the molecule is CCCCOC1(c2ccc(O)cc2)OO1.[Ti]. The summed E-state index contributed by atoms with van der Waals surface area (Å²) in [6.07, 6.45) is 2.03. The van der Waals surface area contributed by atoms with Crippen LogP contribution in [-0.2, 0) is 42.2 Å². The molecule has 1 aliphatic heterocycles. The van der Waals surface area contributed by atoms with Crippen molar-refractivity contribution in [3.63, 3.8) is 0 Å². The molecule has 1 fully saturated rings. The summed E-state index contributed by atoms with van der Waals surface area (Å²) in [4.78, 5) is 9.73. The Hall–Kier alpha value is -0.386. The Morgan fingerprint density at radius 3 is 2.38 bits per heavy atom. The van der Waals surface area contributed by atoms with Crippen molar-refractivity contribution in [1.82, 2.24) is 0 Å². The molecule has 0 spiro atoms. The first-order valence-corrected chi connectivity index (χ1v) is 5.07. The first-order chi connectivity index (χ1) is 7.27. The number of hydrogen-bond acceptors (Lipinski definition) is 4. The molecule has 2 rings (SSSR count). The summed E-state index contributed by atoms with van der Waals surface area (Å²) in [6.45, 7) is 2.68. The number of ether oxygens (including phenoxy) is 1. The van der Waals surface area contributed by atoms with Crippen molar-refractivity contribution in [3.8, 4) is 5.75 Å². The first kappa shape index (κ1) is 13.7. The molecule has 0 aromatic heterocycles. The number of phenolic OH excluding ortho intramolecular Hbond substituents is 1. The van der Waals surface area contributed by atoms with Gasteiger partial charge in [-0.2, -0.15) is 9.78 Å². The number of hydrogen-bond donors (Lipinski definition) is 1. The summed E-state index contributed by atoms with van der Waals surface area (Å²) in [7, 11) is 0. The van der Waals surface area contributed by atoms with E-state index < -0.39 is 5.97 Å². The smallest absolute Gasteiger partial charge is 0.367 e. The zero-order valence-electron chi connectivity index (χ0n) is 9.10. The van der Waals surface area contributed by atoms with E-state index in [1.54, 1.807) is 24.3 Å². The van der Waals surface area contributed by atoms with Crippen LogP contribution in [0.2, 0.25) is 0 Å². The molecule has 5 heteroatoms. The molecule has 16 heavy (non-hydrogen) atoms. The van der Waals surface area contributed by atoms with Crippen molar-refractivity contribution in [3.05, 3.63) is 29.8 Å². The second-order valence-corrected chi connectivity index (χ2v) is 3.47. The topological polar surface area (TPSA) is 54.5 Å². The number of benzene rings is 1. The molecule has 0 amide bonds. The van der Waals surface area contributed by atoms with Crippen molar-refractivity contribution < 1.29 is 41.3 Å². The van der Waals surface area contributed by atoms with Gasteiger partial charge in [0.25, 0.3) is 0 Å². The van der Waals surface area contributed by atoms with E-state index in [9.17, 15) is 0 Å². The van der Waals surface area contributed by atoms with Gasteiger partial charge in [-0.25, -0.2) is 0 Å². The molecule has 1 N–H and O–H groups in total. The summed E-state index contributed by atoms with van der Waals surface area (Å²) < 4.78 is 5.48. The van der Waals surface area contributed by atoms with Gasteiger partial charge in [0.1, 0.15) is 5.75 Å². The average Bonchev–Trinajstić information content (AvgIpc) is 3.00. The maximum absolute atomic E-state index is 9.13. The molecule has 0 radical (unpaired) electrons. The Morgan fingerprint density at radius 1 is 1.25 bits per heavy atom. The van der Waals surface area contributed by atoms with Gasteiger partial charge < -0.3 is 9.84 Å². The normalized spacial score (nSPS) is 16.6. The monoisotopic (exact) mass is 258 g/mol. The summed E-state index contributed by atoms with van der Waals surface area (Å²) in [6, 6.07) is 6.58. The largest absolute Gasteiger partial charge is 0.508 e. The number of rotatable bonds is 5. The minimum absolute atomic E-state index is 0. The number of aromatic hydroxyl groups is 1. The Labute approximate surface area is 109 Å². The second-order valence-electron chi connectivity index (χ2n) is 3.47. The minimum atomic E-state index is -1.02. The maximum Gasteiger partial charge on any atom is 0.367 e. The van der Waals surface area contributed by atoms with Gasteiger partial charge in [0.2, 0.25) is 0 Å². The quantitative estimate of drug-likeness (QED) is 0.381. The molecule has 0 bridgehead atoms. The van der Waals surface area contributed by atoms with Crippen LogP contribution in [0.15, 0.2) is 24.3 Å².